The Hall–Kier alpha value is -2.84. The topological polar surface area (TPSA) is 120 Å². The number of amides is 2. The SMILES string of the molecule is CCOC(=O)C1=C(COC(=O)c2c(C)noc2C(C)C)NC(=O)N[C@H]1C. The average molecular weight is 365 g/mol. The van der Waals surface area contributed by atoms with E-state index in [1.165, 1.54) is 0 Å². The van der Waals surface area contributed by atoms with Crippen LogP contribution in [0.4, 0.5) is 4.79 Å². The maximum absolute atomic E-state index is 12.5. The highest BCUT2D eigenvalue weighted by atomic mass is 16.5. The number of hydrogen-bond acceptors (Lipinski definition) is 7. The van der Waals surface area contributed by atoms with Gasteiger partial charge >= 0.3 is 18.0 Å². The lowest BCUT2D eigenvalue weighted by molar-refractivity contribution is -0.139. The van der Waals surface area contributed by atoms with E-state index < -0.39 is 24.0 Å². The number of ether oxygens (including phenoxy) is 2. The summed E-state index contributed by atoms with van der Waals surface area (Å²) in [4.78, 5) is 36.3. The van der Waals surface area contributed by atoms with Gasteiger partial charge in [-0.3, -0.25) is 0 Å². The number of aryl methyl sites for hydroxylation is 1. The molecule has 0 aliphatic carbocycles. The molecule has 1 aliphatic rings. The van der Waals surface area contributed by atoms with Gasteiger partial charge in [-0.05, 0) is 20.8 Å². The molecular weight excluding hydrogens is 342 g/mol. The van der Waals surface area contributed by atoms with Crippen LogP contribution in [0.25, 0.3) is 0 Å². The Morgan fingerprint density at radius 1 is 1.27 bits per heavy atom. The maximum atomic E-state index is 12.5. The highest BCUT2D eigenvalue weighted by Crippen LogP contribution is 2.23. The van der Waals surface area contributed by atoms with Crippen LogP contribution < -0.4 is 10.6 Å². The number of hydrogen-bond donors (Lipinski definition) is 2. The van der Waals surface area contributed by atoms with E-state index in [2.05, 4.69) is 15.8 Å². The Balaban J connectivity index is 2.23. The number of carbonyl (C=O) groups is 3. The molecule has 1 aliphatic heterocycles. The van der Waals surface area contributed by atoms with Crippen LogP contribution in [0.3, 0.4) is 0 Å². The Kier molecular flexibility index (Phi) is 6.01. The lowest BCUT2D eigenvalue weighted by Gasteiger charge is -2.26. The third-order valence-corrected chi connectivity index (χ3v) is 3.83. The van der Waals surface area contributed by atoms with Crippen molar-refractivity contribution < 1.29 is 28.4 Å². The zero-order valence-corrected chi connectivity index (χ0v) is 15.5. The molecule has 2 rings (SSSR count). The molecule has 2 heterocycles. The Labute approximate surface area is 151 Å². The normalized spacial score (nSPS) is 17.0. The van der Waals surface area contributed by atoms with E-state index in [-0.39, 0.29) is 36.0 Å². The molecular formula is C17H23N3O6. The third kappa shape index (κ3) is 4.04. The standard InChI is InChI=1S/C17H23N3O6/c1-6-24-15(21)12-9(4)18-17(23)19-11(12)7-25-16(22)13-10(5)20-26-14(13)8(2)3/h8-9H,6-7H2,1-5H3,(H2,18,19,23)/t9-/m0/s1. The van der Waals surface area contributed by atoms with Crippen LogP contribution in [0, 0.1) is 6.92 Å². The second-order valence-corrected chi connectivity index (χ2v) is 6.17. The van der Waals surface area contributed by atoms with Crippen LogP contribution in [-0.4, -0.2) is 42.4 Å². The van der Waals surface area contributed by atoms with Crippen molar-refractivity contribution in [1.82, 2.24) is 15.8 Å². The zero-order valence-electron chi connectivity index (χ0n) is 15.5. The molecule has 1 aromatic rings. The van der Waals surface area contributed by atoms with Crippen molar-refractivity contribution in [3.63, 3.8) is 0 Å². The largest absolute Gasteiger partial charge is 0.463 e. The number of esters is 2. The molecule has 142 valence electrons. The number of nitrogens with one attached hydrogen (secondary N) is 2. The van der Waals surface area contributed by atoms with Crippen molar-refractivity contribution >= 4 is 18.0 Å². The fraction of sp³-hybridized carbons (Fsp3) is 0.529. The molecule has 0 radical (unpaired) electrons. The lowest BCUT2D eigenvalue weighted by atomic mass is 10.0. The molecule has 0 saturated heterocycles. The van der Waals surface area contributed by atoms with Crippen molar-refractivity contribution in [2.75, 3.05) is 13.2 Å². The molecule has 2 amide bonds. The summed E-state index contributed by atoms with van der Waals surface area (Å²) in [6.45, 7) is 8.61. The minimum atomic E-state index is -0.636. The molecule has 0 spiro atoms. The Morgan fingerprint density at radius 3 is 2.58 bits per heavy atom. The van der Waals surface area contributed by atoms with Gasteiger partial charge in [0.1, 0.15) is 12.2 Å². The monoisotopic (exact) mass is 365 g/mol. The van der Waals surface area contributed by atoms with Gasteiger partial charge in [0, 0.05) is 5.92 Å². The summed E-state index contributed by atoms with van der Waals surface area (Å²) in [7, 11) is 0. The van der Waals surface area contributed by atoms with Crippen LogP contribution >= 0.6 is 0 Å². The molecule has 1 atom stereocenters. The third-order valence-electron chi connectivity index (χ3n) is 3.83. The number of nitrogens with zero attached hydrogens (tertiary/aromatic N) is 1. The summed E-state index contributed by atoms with van der Waals surface area (Å²) in [6.07, 6.45) is 0. The Morgan fingerprint density at radius 2 is 1.96 bits per heavy atom. The number of aromatic nitrogens is 1. The van der Waals surface area contributed by atoms with E-state index >= 15 is 0 Å². The summed E-state index contributed by atoms with van der Waals surface area (Å²) in [6, 6.07) is -1.05. The van der Waals surface area contributed by atoms with Crippen LogP contribution in [-0.2, 0) is 14.3 Å². The predicted molar refractivity (Wildman–Crippen MR) is 90.4 cm³/mol. The van der Waals surface area contributed by atoms with Crippen LogP contribution in [0.1, 0.15) is 55.4 Å². The van der Waals surface area contributed by atoms with E-state index in [4.69, 9.17) is 14.0 Å². The van der Waals surface area contributed by atoms with E-state index in [1.54, 1.807) is 20.8 Å². The number of urea groups is 1. The van der Waals surface area contributed by atoms with Crippen molar-refractivity contribution in [2.24, 2.45) is 0 Å². The summed E-state index contributed by atoms with van der Waals surface area (Å²) >= 11 is 0. The molecule has 0 fully saturated rings. The Bertz CT molecular complexity index is 750. The van der Waals surface area contributed by atoms with E-state index in [1.807, 2.05) is 13.8 Å². The molecule has 26 heavy (non-hydrogen) atoms. The van der Waals surface area contributed by atoms with Gasteiger partial charge in [-0.15, -0.1) is 0 Å². The average Bonchev–Trinajstić information content (AvgIpc) is 2.94. The van der Waals surface area contributed by atoms with Gasteiger partial charge in [0.25, 0.3) is 0 Å². The van der Waals surface area contributed by atoms with Gasteiger partial charge in [0.05, 0.1) is 29.6 Å². The van der Waals surface area contributed by atoms with Gasteiger partial charge in [0.15, 0.2) is 5.76 Å². The first-order chi connectivity index (χ1) is 12.3. The number of rotatable bonds is 6. The van der Waals surface area contributed by atoms with Gasteiger partial charge in [0.2, 0.25) is 0 Å². The van der Waals surface area contributed by atoms with E-state index in [0.29, 0.717) is 11.5 Å². The van der Waals surface area contributed by atoms with E-state index in [9.17, 15) is 14.4 Å². The quantitative estimate of drug-likeness (QED) is 0.737. The number of carbonyl (C=O) groups excluding carboxylic acids is 3. The molecule has 0 aromatic carbocycles. The molecule has 2 N–H and O–H groups in total. The minimum absolute atomic E-state index is 0.0494. The summed E-state index contributed by atoms with van der Waals surface area (Å²) in [5, 5.41) is 8.88. The summed E-state index contributed by atoms with van der Waals surface area (Å²) < 4.78 is 15.5. The first-order valence-corrected chi connectivity index (χ1v) is 8.37. The van der Waals surface area contributed by atoms with Crippen molar-refractivity contribution in [3.8, 4) is 0 Å². The molecule has 1 aromatic heterocycles. The lowest BCUT2D eigenvalue weighted by Crippen LogP contribution is -2.50. The smallest absolute Gasteiger partial charge is 0.344 e. The van der Waals surface area contributed by atoms with Crippen molar-refractivity contribution in [1.29, 1.82) is 0 Å². The van der Waals surface area contributed by atoms with Gasteiger partial charge in [-0.2, -0.15) is 0 Å². The fourth-order valence-electron chi connectivity index (χ4n) is 2.63. The molecule has 0 saturated carbocycles. The highest BCUT2D eigenvalue weighted by Gasteiger charge is 2.31. The maximum Gasteiger partial charge on any atom is 0.344 e. The predicted octanol–water partition coefficient (Wildman–Crippen LogP) is 1.78. The zero-order chi connectivity index (χ0) is 19.4. The van der Waals surface area contributed by atoms with Gasteiger partial charge < -0.3 is 24.6 Å². The molecule has 0 unspecified atom stereocenters. The molecule has 9 nitrogen and oxygen atoms in total. The molecule has 9 heteroatoms. The van der Waals surface area contributed by atoms with Crippen LogP contribution in [0.2, 0.25) is 0 Å². The first kappa shape index (κ1) is 19.5. The molecule has 0 bridgehead atoms. The second-order valence-electron chi connectivity index (χ2n) is 6.17. The first-order valence-electron chi connectivity index (χ1n) is 8.37. The fourth-order valence-corrected chi connectivity index (χ4v) is 2.63. The van der Waals surface area contributed by atoms with Crippen molar-refractivity contribution in [3.05, 3.63) is 28.3 Å². The highest BCUT2D eigenvalue weighted by molar-refractivity contribution is 5.95. The van der Waals surface area contributed by atoms with Crippen LogP contribution in [0.5, 0.6) is 0 Å². The van der Waals surface area contributed by atoms with Gasteiger partial charge in [-0.1, -0.05) is 19.0 Å². The summed E-state index contributed by atoms with van der Waals surface area (Å²) in [5.74, 6) is -0.840. The van der Waals surface area contributed by atoms with Crippen LogP contribution in [0.15, 0.2) is 15.8 Å². The van der Waals surface area contributed by atoms with Crippen molar-refractivity contribution in [2.45, 2.75) is 46.6 Å². The van der Waals surface area contributed by atoms with Gasteiger partial charge in [-0.25, -0.2) is 14.4 Å². The van der Waals surface area contributed by atoms with E-state index in [0.717, 1.165) is 0 Å². The summed E-state index contributed by atoms with van der Waals surface area (Å²) in [5.41, 5.74) is 1.08. The minimum Gasteiger partial charge on any atom is -0.463 e. The second kappa shape index (κ2) is 8.03.